The Balaban J connectivity index is 1.73. The molecule has 0 fully saturated rings. The zero-order valence-corrected chi connectivity index (χ0v) is 20.6. The number of rotatable bonds is 8. The standard InChI is InChI=1S/C23H27ClN4O4S/c1-16-19(24)12-8-13-20(16)27(33(4,31)32)15-9-14-21(29)25-22-17(2)26(3)28(23(22)30)18-10-6-5-7-11-18/h5-8,10-13H,9,14-15H2,1-4H3,(H,25,29). The second-order valence-corrected chi connectivity index (χ2v) is 10.1. The Bertz CT molecular complexity index is 1330. The first-order valence-corrected chi connectivity index (χ1v) is 12.6. The summed E-state index contributed by atoms with van der Waals surface area (Å²) in [5, 5.41) is 3.17. The maximum Gasteiger partial charge on any atom is 0.295 e. The molecule has 0 atom stereocenters. The molecule has 10 heteroatoms. The molecule has 1 heterocycles. The topological polar surface area (TPSA) is 93.4 Å². The van der Waals surface area contributed by atoms with Crippen LogP contribution < -0.4 is 15.2 Å². The third-order valence-electron chi connectivity index (χ3n) is 5.49. The number of nitrogens with one attached hydrogen (secondary N) is 1. The second kappa shape index (κ2) is 9.84. The smallest absolute Gasteiger partial charge is 0.295 e. The first kappa shape index (κ1) is 24.6. The average molecular weight is 491 g/mol. The molecule has 0 aliphatic carbocycles. The Morgan fingerprint density at radius 1 is 1.09 bits per heavy atom. The van der Waals surface area contributed by atoms with Gasteiger partial charge in [-0.15, -0.1) is 0 Å². The molecule has 0 aliphatic rings. The van der Waals surface area contributed by atoms with Crippen molar-refractivity contribution in [2.24, 2.45) is 7.05 Å². The van der Waals surface area contributed by atoms with Crippen LogP contribution in [0.15, 0.2) is 53.3 Å². The molecule has 176 valence electrons. The Morgan fingerprint density at radius 2 is 1.76 bits per heavy atom. The molecule has 3 rings (SSSR count). The van der Waals surface area contributed by atoms with Crippen molar-refractivity contribution in [2.75, 3.05) is 22.4 Å². The molecule has 0 saturated carbocycles. The Labute approximate surface area is 198 Å². The van der Waals surface area contributed by atoms with Crippen LogP contribution in [0.1, 0.15) is 24.1 Å². The number of aromatic nitrogens is 2. The first-order valence-electron chi connectivity index (χ1n) is 10.4. The van der Waals surface area contributed by atoms with E-state index in [-0.39, 0.29) is 36.5 Å². The minimum absolute atomic E-state index is 0.0464. The number of carbonyl (C=O) groups is 1. The fourth-order valence-electron chi connectivity index (χ4n) is 3.63. The lowest BCUT2D eigenvalue weighted by Crippen LogP contribution is -2.32. The summed E-state index contributed by atoms with van der Waals surface area (Å²) in [6, 6.07) is 14.2. The van der Waals surface area contributed by atoms with E-state index in [2.05, 4.69) is 5.32 Å². The first-order chi connectivity index (χ1) is 15.5. The van der Waals surface area contributed by atoms with Crippen LogP contribution in [0.5, 0.6) is 0 Å². The molecule has 2 aromatic carbocycles. The van der Waals surface area contributed by atoms with Crippen LogP contribution in [0.4, 0.5) is 11.4 Å². The largest absolute Gasteiger partial charge is 0.320 e. The van der Waals surface area contributed by atoms with Gasteiger partial charge in [0.1, 0.15) is 5.69 Å². The number of para-hydroxylation sites is 1. The summed E-state index contributed by atoms with van der Waals surface area (Å²) < 4.78 is 29.1. The fraction of sp³-hybridized carbons (Fsp3) is 0.304. The van der Waals surface area contributed by atoms with Gasteiger partial charge in [0.15, 0.2) is 0 Å². The number of hydrogen-bond acceptors (Lipinski definition) is 4. The molecular formula is C23H27ClN4O4S. The van der Waals surface area contributed by atoms with Crippen molar-refractivity contribution in [1.82, 2.24) is 9.36 Å². The van der Waals surface area contributed by atoms with E-state index < -0.39 is 10.0 Å². The van der Waals surface area contributed by atoms with Gasteiger partial charge < -0.3 is 5.32 Å². The van der Waals surface area contributed by atoms with Gasteiger partial charge in [-0.25, -0.2) is 13.1 Å². The summed E-state index contributed by atoms with van der Waals surface area (Å²) in [6.07, 6.45) is 1.43. The minimum atomic E-state index is -3.57. The summed E-state index contributed by atoms with van der Waals surface area (Å²) >= 11 is 6.15. The number of benzene rings is 2. The van der Waals surface area contributed by atoms with Crippen LogP contribution in [0.3, 0.4) is 0 Å². The second-order valence-electron chi connectivity index (χ2n) is 7.81. The molecular weight excluding hydrogens is 464 g/mol. The van der Waals surface area contributed by atoms with E-state index in [1.807, 2.05) is 30.3 Å². The minimum Gasteiger partial charge on any atom is -0.320 e. The third-order valence-corrected chi connectivity index (χ3v) is 7.08. The van der Waals surface area contributed by atoms with Gasteiger partial charge in [0, 0.05) is 25.0 Å². The van der Waals surface area contributed by atoms with Gasteiger partial charge in [0.05, 0.1) is 23.3 Å². The molecule has 1 N–H and O–H groups in total. The molecule has 0 aliphatic heterocycles. The van der Waals surface area contributed by atoms with Gasteiger partial charge in [-0.3, -0.25) is 18.6 Å². The number of anilines is 2. The number of halogens is 1. The molecule has 0 radical (unpaired) electrons. The highest BCUT2D eigenvalue weighted by Gasteiger charge is 2.21. The van der Waals surface area contributed by atoms with Gasteiger partial charge in [0.25, 0.3) is 5.56 Å². The third kappa shape index (κ3) is 5.31. The normalized spacial score (nSPS) is 11.4. The summed E-state index contributed by atoms with van der Waals surface area (Å²) in [4.78, 5) is 25.5. The summed E-state index contributed by atoms with van der Waals surface area (Å²) in [6.45, 7) is 3.61. The molecule has 0 spiro atoms. The molecule has 0 saturated heterocycles. The van der Waals surface area contributed by atoms with Crippen molar-refractivity contribution in [1.29, 1.82) is 0 Å². The maximum absolute atomic E-state index is 12.9. The van der Waals surface area contributed by atoms with Gasteiger partial charge in [0.2, 0.25) is 15.9 Å². The zero-order valence-electron chi connectivity index (χ0n) is 19.0. The van der Waals surface area contributed by atoms with E-state index in [0.717, 1.165) is 6.26 Å². The summed E-state index contributed by atoms with van der Waals surface area (Å²) in [5.74, 6) is -0.364. The van der Waals surface area contributed by atoms with E-state index >= 15 is 0 Å². The van der Waals surface area contributed by atoms with Crippen LogP contribution in [-0.2, 0) is 21.9 Å². The van der Waals surface area contributed by atoms with Crippen LogP contribution in [-0.4, -0.2) is 36.5 Å². The summed E-state index contributed by atoms with van der Waals surface area (Å²) in [5.41, 5.74) is 2.31. The van der Waals surface area contributed by atoms with Crippen LogP contribution >= 0.6 is 11.6 Å². The number of hydrogen-bond donors (Lipinski definition) is 1. The zero-order chi connectivity index (χ0) is 24.3. The van der Waals surface area contributed by atoms with E-state index in [1.54, 1.807) is 43.8 Å². The van der Waals surface area contributed by atoms with Crippen LogP contribution in [0, 0.1) is 13.8 Å². The highest BCUT2D eigenvalue weighted by Crippen LogP contribution is 2.28. The van der Waals surface area contributed by atoms with Gasteiger partial charge in [-0.2, -0.15) is 0 Å². The highest BCUT2D eigenvalue weighted by atomic mass is 35.5. The Hall–Kier alpha value is -3.04. The fourth-order valence-corrected chi connectivity index (χ4v) is 4.81. The molecule has 1 aromatic heterocycles. The lowest BCUT2D eigenvalue weighted by atomic mass is 10.2. The summed E-state index contributed by atoms with van der Waals surface area (Å²) in [7, 11) is -1.83. The SMILES string of the molecule is Cc1c(Cl)cccc1N(CCCC(=O)Nc1c(C)n(C)n(-c2ccccc2)c1=O)S(C)(=O)=O. The van der Waals surface area contributed by atoms with E-state index in [4.69, 9.17) is 11.6 Å². The van der Waals surface area contributed by atoms with Crippen molar-refractivity contribution in [3.05, 3.63) is 75.2 Å². The predicted octanol–water partition coefficient (Wildman–Crippen LogP) is 3.63. The van der Waals surface area contributed by atoms with Gasteiger partial charge >= 0.3 is 0 Å². The number of nitrogens with zero attached hydrogens (tertiary/aromatic N) is 3. The molecule has 0 bridgehead atoms. The van der Waals surface area contributed by atoms with Crippen molar-refractivity contribution < 1.29 is 13.2 Å². The Morgan fingerprint density at radius 3 is 2.39 bits per heavy atom. The van der Waals surface area contributed by atoms with E-state index in [9.17, 15) is 18.0 Å². The van der Waals surface area contributed by atoms with E-state index in [1.165, 1.54) is 8.99 Å². The number of sulfonamides is 1. The lowest BCUT2D eigenvalue weighted by Gasteiger charge is -2.24. The molecule has 0 unspecified atom stereocenters. The van der Waals surface area contributed by atoms with Gasteiger partial charge in [-0.05, 0) is 50.1 Å². The Kier molecular flexibility index (Phi) is 7.34. The van der Waals surface area contributed by atoms with Crippen molar-refractivity contribution >= 4 is 38.9 Å². The maximum atomic E-state index is 12.9. The van der Waals surface area contributed by atoms with Crippen molar-refractivity contribution in [3.8, 4) is 5.69 Å². The van der Waals surface area contributed by atoms with Crippen LogP contribution in [0.25, 0.3) is 5.69 Å². The predicted molar refractivity (Wildman–Crippen MR) is 132 cm³/mol. The quantitative estimate of drug-likeness (QED) is 0.521. The average Bonchev–Trinajstić information content (AvgIpc) is 2.96. The number of amides is 1. The van der Waals surface area contributed by atoms with Gasteiger partial charge in [-0.1, -0.05) is 35.9 Å². The highest BCUT2D eigenvalue weighted by molar-refractivity contribution is 7.92. The van der Waals surface area contributed by atoms with Crippen LogP contribution in [0.2, 0.25) is 5.02 Å². The van der Waals surface area contributed by atoms with E-state index in [0.29, 0.717) is 27.7 Å². The van der Waals surface area contributed by atoms with Crippen molar-refractivity contribution in [3.63, 3.8) is 0 Å². The molecule has 8 nitrogen and oxygen atoms in total. The number of carbonyl (C=O) groups excluding carboxylic acids is 1. The molecule has 3 aromatic rings. The lowest BCUT2D eigenvalue weighted by molar-refractivity contribution is -0.116. The van der Waals surface area contributed by atoms with Crippen molar-refractivity contribution in [2.45, 2.75) is 26.7 Å². The molecule has 1 amide bonds. The molecule has 33 heavy (non-hydrogen) atoms. The monoisotopic (exact) mass is 490 g/mol.